The van der Waals surface area contributed by atoms with Crippen molar-refractivity contribution in [3.63, 3.8) is 0 Å². The number of thiophene rings is 1. The number of benzene rings is 2. The normalized spacial score (nSPS) is 11.9. The van der Waals surface area contributed by atoms with E-state index in [1.807, 2.05) is 53.9 Å². The molecule has 3 rings (SSSR count). The van der Waals surface area contributed by atoms with Crippen molar-refractivity contribution >= 4 is 29.0 Å². The molecule has 2 aromatic carbocycles. The number of nitrogens with one attached hydrogen (secondary N) is 1. The van der Waals surface area contributed by atoms with Crippen LogP contribution in [-0.2, 0) is 10.5 Å². The third-order valence-corrected chi connectivity index (χ3v) is 5.86. The SMILES string of the molecule is O=C(CSCc1ccccc1)NCC(O)c1ccc(-c2cccs2)cc1. The summed E-state index contributed by atoms with van der Waals surface area (Å²) in [5.41, 5.74) is 3.15. The molecule has 0 saturated carbocycles. The summed E-state index contributed by atoms with van der Waals surface area (Å²) in [4.78, 5) is 13.1. The lowest BCUT2D eigenvalue weighted by Gasteiger charge is -2.13. The van der Waals surface area contributed by atoms with Crippen LogP contribution in [-0.4, -0.2) is 23.3 Å². The first-order valence-corrected chi connectivity index (χ1v) is 10.5. The highest BCUT2D eigenvalue weighted by molar-refractivity contribution is 7.99. The number of aliphatic hydroxyl groups excluding tert-OH is 1. The molecule has 1 atom stereocenters. The second-order valence-electron chi connectivity index (χ2n) is 5.90. The van der Waals surface area contributed by atoms with Gasteiger partial charge in [0.15, 0.2) is 0 Å². The number of thioether (sulfide) groups is 1. The maximum Gasteiger partial charge on any atom is 0.230 e. The molecule has 5 heteroatoms. The number of amides is 1. The van der Waals surface area contributed by atoms with Crippen molar-refractivity contribution in [2.75, 3.05) is 12.3 Å². The second kappa shape index (κ2) is 9.57. The summed E-state index contributed by atoms with van der Waals surface area (Å²) in [5.74, 6) is 1.14. The smallest absolute Gasteiger partial charge is 0.230 e. The summed E-state index contributed by atoms with van der Waals surface area (Å²) in [6.07, 6.45) is -0.699. The number of aliphatic hydroxyl groups is 1. The van der Waals surface area contributed by atoms with Gasteiger partial charge in [0.05, 0.1) is 11.9 Å². The fourth-order valence-corrected chi connectivity index (χ4v) is 4.08. The predicted octanol–water partition coefficient (Wildman–Crippen LogP) is 4.50. The van der Waals surface area contributed by atoms with Crippen molar-refractivity contribution in [3.8, 4) is 10.4 Å². The molecule has 0 bridgehead atoms. The van der Waals surface area contributed by atoms with E-state index < -0.39 is 6.10 Å². The van der Waals surface area contributed by atoms with Gasteiger partial charge in [0.1, 0.15) is 0 Å². The van der Waals surface area contributed by atoms with E-state index in [9.17, 15) is 9.90 Å². The number of hydrogen-bond donors (Lipinski definition) is 2. The fraction of sp³-hybridized carbons (Fsp3) is 0.190. The van der Waals surface area contributed by atoms with Crippen LogP contribution in [0.25, 0.3) is 10.4 Å². The monoisotopic (exact) mass is 383 g/mol. The van der Waals surface area contributed by atoms with Gasteiger partial charge in [-0.05, 0) is 28.1 Å². The van der Waals surface area contributed by atoms with Crippen molar-refractivity contribution < 1.29 is 9.90 Å². The lowest BCUT2D eigenvalue weighted by molar-refractivity contribution is -0.119. The predicted molar refractivity (Wildman–Crippen MR) is 110 cm³/mol. The zero-order valence-corrected chi connectivity index (χ0v) is 15.9. The Morgan fingerprint density at radius 1 is 1.04 bits per heavy atom. The molecule has 26 heavy (non-hydrogen) atoms. The van der Waals surface area contributed by atoms with Gasteiger partial charge < -0.3 is 10.4 Å². The summed E-state index contributed by atoms with van der Waals surface area (Å²) < 4.78 is 0. The molecule has 0 radical (unpaired) electrons. The molecule has 0 aliphatic carbocycles. The molecule has 1 heterocycles. The van der Waals surface area contributed by atoms with E-state index in [1.54, 1.807) is 23.1 Å². The topological polar surface area (TPSA) is 49.3 Å². The Hall–Kier alpha value is -2.08. The van der Waals surface area contributed by atoms with Gasteiger partial charge in [-0.3, -0.25) is 4.79 Å². The minimum Gasteiger partial charge on any atom is -0.387 e. The van der Waals surface area contributed by atoms with E-state index >= 15 is 0 Å². The van der Waals surface area contributed by atoms with Crippen molar-refractivity contribution in [1.82, 2.24) is 5.32 Å². The molecule has 0 saturated heterocycles. The van der Waals surface area contributed by atoms with Crippen LogP contribution in [0, 0.1) is 0 Å². The average Bonchev–Trinajstić information content (AvgIpc) is 3.22. The summed E-state index contributed by atoms with van der Waals surface area (Å²) in [7, 11) is 0. The van der Waals surface area contributed by atoms with Crippen molar-refractivity contribution in [1.29, 1.82) is 0 Å². The molecule has 0 aliphatic rings. The van der Waals surface area contributed by atoms with E-state index in [1.165, 1.54) is 10.4 Å². The number of carbonyl (C=O) groups is 1. The Kier molecular flexibility index (Phi) is 6.89. The summed E-state index contributed by atoms with van der Waals surface area (Å²) in [6.45, 7) is 0.225. The highest BCUT2D eigenvalue weighted by atomic mass is 32.2. The van der Waals surface area contributed by atoms with Crippen LogP contribution in [0.5, 0.6) is 0 Å². The molecular formula is C21H21NO2S2. The first kappa shape index (κ1) is 18.7. The Bertz CT molecular complexity index is 802. The molecule has 1 aromatic heterocycles. The van der Waals surface area contributed by atoms with Crippen molar-refractivity contribution in [2.45, 2.75) is 11.9 Å². The van der Waals surface area contributed by atoms with E-state index in [0.29, 0.717) is 5.75 Å². The van der Waals surface area contributed by atoms with Crippen LogP contribution in [0.15, 0.2) is 72.1 Å². The molecule has 1 amide bonds. The van der Waals surface area contributed by atoms with E-state index in [2.05, 4.69) is 23.5 Å². The lowest BCUT2D eigenvalue weighted by atomic mass is 10.1. The Morgan fingerprint density at radius 3 is 2.50 bits per heavy atom. The number of hydrogen-bond acceptors (Lipinski definition) is 4. The van der Waals surface area contributed by atoms with E-state index in [0.717, 1.165) is 16.9 Å². The molecule has 134 valence electrons. The van der Waals surface area contributed by atoms with Gasteiger partial charge in [-0.1, -0.05) is 60.7 Å². The first-order valence-electron chi connectivity index (χ1n) is 8.42. The Morgan fingerprint density at radius 2 is 1.81 bits per heavy atom. The zero-order valence-electron chi connectivity index (χ0n) is 14.3. The first-order chi connectivity index (χ1) is 12.7. The van der Waals surface area contributed by atoms with Gasteiger partial charge in [0.25, 0.3) is 0 Å². The van der Waals surface area contributed by atoms with Gasteiger partial charge >= 0.3 is 0 Å². The van der Waals surface area contributed by atoms with E-state index in [-0.39, 0.29) is 12.5 Å². The van der Waals surface area contributed by atoms with Crippen LogP contribution in [0.4, 0.5) is 0 Å². The lowest BCUT2D eigenvalue weighted by Crippen LogP contribution is -2.29. The van der Waals surface area contributed by atoms with Crippen LogP contribution in [0.1, 0.15) is 17.2 Å². The van der Waals surface area contributed by atoms with Gasteiger partial charge in [0, 0.05) is 17.2 Å². The minimum absolute atomic E-state index is 0.0554. The third-order valence-electron chi connectivity index (χ3n) is 3.94. The maximum absolute atomic E-state index is 11.9. The molecule has 3 nitrogen and oxygen atoms in total. The fourth-order valence-electron chi connectivity index (χ4n) is 2.53. The van der Waals surface area contributed by atoms with Gasteiger partial charge in [0.2, 0.25) is 5.91 Å². The maximum atomic E-state index is 11.9. The number of rotatable bonds is 8. The standard InChI is InChI=1S/C21H21NO2S2/c23-19(17-8-10-18(11-9-17)20-7-4-12-26-20)13-22-21(24)15-25-14-16-5-2-1-3-6-16/h1-12,19,23H,13-15H2,(H,22,24). The van der Waals surface area contributed by atoms with Crippen LogP contribution >= 0.6 is 23.1 Å². The Balaban J connectivity index is 1.41. The summed E-state index contributed by atoms with van der Waals surface area (Å²) >= 11 is 3.26. The summed E-state index contributed by atoms with van der Waals surface area (Å²) in [5, 5.41) is 15.1. The quantitative estimate of drug-likeness (QED) is 0.602. The second-order valence-corrected chi connectivity index (χ2v) is 7.83. The largest absolute Gasteiger partial charge is 0.387 e. The summed E-state index contributed by atoms with van der Waals surface area (Å²) in [6, 6.07) is 22.0. The van der Waals surface area contributed by atoms with Crippen molar-refractivity contribution in [2.24, 2.45) is 0 Å². The molecule has 1 unspecified atom stereocenters. The molecule has 3 aromatic rings. The molecular weight excluding hydrogens is 362 g/mol. The highest BCUT2D eigenvalue weighted by Gasteiger charge is 2.10. The van der Waals surface area contributed by atoms with Crippen LogP contribution in [0.3, 0.4) is 0 Å². The van der Waals surface area contributed by atoms with Gasteiger partial charge in [-0.25, -0.2) is 0 Å². The third kappa shape index (κ3) is 5.46. The minimum atomic E-state index is -0.699. The molecule has 0 spiro atoms. The van der Waals surface area contributed by atoms with Crippen molar-refractivity contribution in [3.05, 3.63) is 83.2 Å². The highest BCUT2D eigenvalue weighted by Crippen LogP contribution is 2.25. The van der Waals surface area contributed by atoms with Crippen LogP contribution < -0.4 is 5.32 Å². The molecule has 0 fully saturated rings. The van der Waals surface area contributed by atoms with Gasteiger partial charge in [-0.15, -0.1) is 23.1 Å². The van der Waals surface area contributed by atoms with E-state index in [4.69, 9.17) is 0 Å². The number of carbonyl (C=O) groups excluding carboxylic acids is 1. The molecule has 0 aliphatic heterocycles. The van der Waals surface area contributed by atoms with Crippen LogP contribution in [0.2, 0.25) is 0 Å². The zero-order chi connectivity index (χ0) is 18.2. The Labute approximate surface area is 162 Å². The van der Waals surface area contributed by atoms with Gasteiger partial charge in [-0.2, -0.15) is 0 Å². The average molecular weight is 384 g/mol. The molecule has 2 N–H and O–H groups in total.